The highest BCUT2D eigenvalue weighted by molar-refractivity contribution is 5.92. The molecule has 2 N–H and O–H groups in total. The van der Waals surface area contributed by atoms with Crippen LogP contribution in [-0.2, 0) is 0 Å². The predicted octanol–water partition coefficient (Wildman–Crippen LogP) is 2.59. The standard InChI is InChI=1S/C12H14N2O3/c1-7(2)6-13-12-14-9-4-3-8(11(15)16)5-10(9)17-12/h3-5,7H,6H2,1-2H3,(H,13,14)(H,15,16). The number of fused-ring (bicyclic) bond motifs is 1. The van der Waals surface area contributed by atoms with Crippen molar-refractivity contribution in [1.29, 1.82) is 0 Å². The van der Waals surface area contributed by atoms with Gasteiger partial charge in [0, 0.05) is 6.54 Å². The van der Waals surface area contributed by atoms with Crippen LogP contribution in [0.15, 0.2) is 22.6 Å². The quantitative estimate of drug-likeness (QED) is 0.850. The van der Waals surface area contributed by atoms with Gasteiger partial charge >= 0.3 is 5.97 Å². The fourth-order valence-corrected chi connectivity index (χ4v) is 1.42. The van der Waals surface area contributed by atoms with Crippen LogP contribution in [0.2, 0.25) is 0 Å². The molecule has 17 heavy (non-hydrogen) atoms. The first-order valence-electron chi connectivity index (χ1n) is 5.44. The van der Waals surface area contributed by atoms with Gasteiger partial charge in [-0.2, -0.15) is 4.98 Å². The van der Waals surface area contributed by atoms with Gasteiger partial charge in [-0.25, -0.2) is 4.79 Å². The van der Waals surface area contributed by atoms with E-state index in [2.05, 4.69) is 24.1 Å². The Balaban J connectivity index is 2.27. The summed E-state index contributed by atoms with van der Waals surface area (Å²) in [6.45, 7) is 4.93. The van der Waals surface area contributed by atoms with Crippen molar-refractivity contribution in [3.05, 3.63) is 23.8 Å². The molecule has 0 aliphatic rings. The lowest BCUT2D eigenvalue weighted by Gasteiger charge is -2.03. The Kier molecular flexibility index (Phi) is 2.99. The molecule has 5 heteroatoms. The number of hydrogen-bond acceptors (Lipinski definition) is 4. The highest BCUT2D eigenvalue weighted by Crippen LogP contribution is 2.20. The van der Waals surface area contributed by atoms with Gasteiger partial charge in [0.15, 0.2) is 5.58 Å². The summed E-state index contributed by atoms with van der Waals surface area (Å²) in [5.41, 5.74) is 1.33. The van der Waals surface area contributed by atoms with Gasteiger partial charge in [-0.3, -0.25) is 0 Å². The van der Waals surface area contributed by atoms with Gasteiger partial charge in [0.05, 0.1) is 5.56 Å². The number of nitrogens with one attached hydrogen (secondary N) is 1. The molecule has 1 aromatic heterocycles. The number of aromatic carboxylic acids is 1. The zero-order valence-corrected chi connectivity index (χ0v) is 9.73. The van der Waals surface area contributed by atoms with Crippen LogP contribution in [0.1, 0.15) is 24.2 Å². The summed E-state index contributed by atoms with van der Waals surface area (Å²) in [5, 5.41) is 11.9. The highest BCUT2D eigenvalue weighted by atomic mass is 16.4. The number of rotatable bonds is 4. The minimum Gasteiger partial charge on any atom is -0.478 e. The smallest absolute Gasteiger partial charge is 0.335 e. The van der Waals surface area contributed by atoms with Crippen LogP contribution in [0.5, 0.6) is 0 Å². The first kappa shape index (κ1) is 11.4. The maximum atomic E-state index is 10.8. The Bertz CT molecular complexity index is 546. The van der Waals surface area contributed by atoms with Crippen LogP contribution in [0.3, 0.4) is 0 Å². The Morgan fingerprint density at radius 2 is 2.29 bits per heavy atom. The molecule has 0 unspecified atom stereocenters. The monoisotopic (exact) mass is 234 g/mol. The van der Waals surface area contributed by atoms with E-state index < -0.39 is 5.97 Å². The number of carbonyl (C=O) groups is 1. The van der Waals surface area contributed by atoms with Crippen LogP contribution < -0.4 is 5.32 Å². The molecule has 0 aliphatic heterocycles. The number of carboxylic acid groups (broad SMARTS) is 1. The van der Waals surface area contributed by atoms with Gasteiger partial charge in [0.25, 0.3) is 6.01 Å². The normalized spacial score (nSPS) is 11.0. The van der Waals surface area contributed by atoms with Gasteiger partial charge in [-0.1, -0.05) is 13.8 Å². The van der Waals surface area contributed by atoms with Crippen molar-refractivity contribution < 1.29 is 14.3 Å². The summed E-state index contributed by atoms with van der Waals surface area (Å²) in [6, 6.07) is 5.06. The lowest BCUT2D eigenvalue weighted by Crippen LogP contribution is -2.07. The third-order valence-electron chi connectivity index (χ3n) is 2.30. The van der Waals surface area contributed by atoms with Crippen molar-refractivity contribution >= 4 is 23.1 Å². The molecule has 1 aromatic carbocycles. The van der Waals surface area contributed by atoms with Crippen molar-refractivity contribution in [3.63, 3.8) is 0 Å². The average molecular weight is 234 g/mol. The summed E-state index contributed by atoms with van der Waals surface area (Å²) >= 11 is 0. The average Bonchev–Trinajstić information content (AvgIpc) is 2.67. The van der Waals surface area contributed by atoms with E-state index in [1.807, 2.05) is 0 Å². The van der Waals surface area contributed by atoms with E-state index in [9.17, 15) is 4.79 Å². The molecule has 0 saturated carbocycles. The molecule has 0 saturated heterocycles. The van der Waals surface area contributed by atoms with Crippen molar-refractivity contribution in [2.75, 3.05) is 11.9 Å². The van der Waals surface area contributed by atoms with Gasteiger partial charge in [0.2, 0.25) is 0 Å². The molecule has 2 aromatic rings. The van der Waals surface area contributed by atoms with E-state index in [1.54, 1.807) is 6.07 Å². The zero-order valence-electron chi connectivity index (χ0n) is 9.73. The topological polar surface area (TPSA) is 75.4 Å². The molecule has 1 heterocycles. The van der Waals surface area contributed by atoms with E-state index in [1.165, 1.54) is 12.1 Å². The molecular weight excluding hydrogens is 220 g/mol. The Labute approximate surface area is 98.5 Å². The number of nitrogens with zero attached hydrogens (tertiary/aromatic N) is 1. The van der Waals surface area contributed by atoms with Crippen LogP contribution in [0.4, 0.5) is 6.01 Å². The van der Waals surface area contributed by atoms with Gasteiger partial charge in [0.1, 0.15) is 5.52 Å². The van der Waals surface area contributed by atoms with Crippen molar-refractivity contribution in [2.45, 2.75) is 13.8 Å². The lowest BCUT2D eigenvalue weighted by atomic mass is 10.2. The van der Waals surface area contributed by atoms with Crippen LogP contribution >= 0.6 is 0 Å². The van der Waals surface area contributed by atoms with Gasteiger partial charge in [-0.15, -0.1) is 0 Å². The summed E-state index contributed by atoms with van der Waals surface area (Å²) < 4.78 is 5.42. The largest absolute Gasteiger partial charge is 0.478 e. The second kappa shape index (κ2) is 4.45. The molecule has 0 fully saturated rings. The molecule has 0 atom stereocenters. The van der Waals surface area contributed by atoms with E-state index in [4.69, 9.17) is 9.52 Å². The lowest BCUT2D eigenvalue weighted by molar-refractivity contribution is 0.0697. The summed E-state index contributed by atoms with van der Waals surface area (Å²) in [5.74, 6) is -0.486. The number of benzene rings is 1. The predicted molar refractivity (Wildman–Crippen MR) is 64.3 cm³/mol. The molecule has 0 aliphatic carbocycles. The summed E-state index contributed by atoms with van der Waals surface area (Å²) in [4.78, 5) is 15.0. The van der Waals surface area contributed by atoms with Gasteiger partial charge < -0.3 is 14.8 Å². The molecule has 90 valence electrons. The second-order valence-electron chi connectivity index (χ2n) is 4.28. The third kappa shape index (κ3) is 2.55. The first-order valence-corrected chi connectivity index (χ1v) is 5.44. The number of aromatic nitrogens is 1. The number of carboxylic acids is 1. The molecule has 0 bridgehead atoms. The minimum absolute atomic E-state index is 0.198. The minimum atomic E-state index is -0.972. The van der Waals surface area contributed by atoms with Crippen molar-refractivity contribution in [1.82, 2.24) is 4.98 Å². The van der Waals surface area contributed by atoms with Crippen LogP contribution in [0, 0.1) is 5.92 Å². The number of anilines is 1. The summed E-state index contributed by atoms with van der Waals surface area (Å²) in [7, 11) is 0. The van der Waals surface area contributed by atoms with E-state index in [0.717, 1.165) is 6.54 Å². The molecule has 0 spiro atoms. The second-order valence-corrected chi connectivity index (χ2v) is 4.28. The molecule has 0 radical (unpaired) electrons. The van der Waals surface area contributed by atoms with Crippen LogP contribution in [0.25, 0.3) is 11.1 Å². The highest BCUT2D eigenvalue weighted by Gasteiger charge is 2.09. The fraction of sp³-hybridized carbons (Fsp3) is 0.333. The Morgan fingerprint density at radius 3 is 2.94 bits per heavy atom. The maximum Gasteiger partial charge on any atom is 0.335 e. The SMILES string of the molecule is CC(C)CNc1nc2ccc(C(=O)O)cc2o1. The van der Waals surface area contributed by atoms with E-state index in [-0.39, 0.29) is 5.56 Å². The number of hydrogen-bond donors (Lipinski definition) is 2. The van der Waals surface area contributed by atoms with Crippen molar-refractivity contribution in [3.8, 4) is 0 Å². The fourth-order valence-electron chi connectivity index (χ4n) is 1.42. The van der Waals surface area contributed by atoms with Gasteiger partial charge in [-0.05, 0) is 24.1 Å². The molecule has 5 nitrogen and oxygen atoms in total. The van der Waals surface area contributed by atoms with E-state index in [0.29, 0.717) is 23.0 Å². The Hall–Kier alpha value is -2.04. The summed E-state index contributed by atoms with van der Waals surface area (Å²) in [6.07, 6.45) is 0. The number of oxazole rings is 1. The maximum absolute atomic E-state index is 10.8. The molecule has 0 amide bonds. The Morgan fingerprint density at radius 1 is 1.53 bits per heavy atom. The first-order chi connectivity index (χ1) is 8.06. The zero-order chi connectivity index (χ0) is 12.4. The van der Waals surface area contributed by atoms with Crippen molar-refractivity contribution in [2.24, 2.45) is 5.92 Å². The molecule has 2 rings (SSSR count). The third-order valence-corrected chi connectivity index (χ3v) is 2.30. The van der Waals surface area contributed by atoms with Crippen LogP contribution in [-0.4, -0.2) is 22.6 Å². The van der Waals surface area contributed by atoms with E-state index >= 15 is 0 Å². The molecular formula is C12H14N2O3.